The third-order valence-corrected chi connectivity index (χ3v) is 6.36. The highest BCUT2D eigenvalue weighted by Crippen LogP contribution is 2.19. The second kappa shape index (κ2) is 13.6. The smallest absolute Gasteiger partial charge is 0.274 e. The van der Waals surface area contributed by atoms with Gasteiger partial charge in [-0.15, -0.1) is 0 Å². The Morgan fingerprint density at radius 3 is 2.66 bits per heavy atom. The fourth-order valence-electron chi connectivity index (χ4n) is 4.31. The number of para-hydroxylation sites is 2. The number of ether oxygens (including phenoxy) is 1. The Morgan fingerprint density at radius 1 is 1.13 bits per heavy atom. The Balaban J connectivity index is 1.44. The molecule has 1 fully saturated rings. The van der Waals surface area contributed by atoms with Crippen LogP contribution in [-0.4, -0.2) is 60.1 Å². The molecule has 0 atom stereocenters. The topological polar surface area (TPSA) is 95.8 Å². The molecule has 3 aromatic rings. The number of allylic oxidation sites excluding steroid dienone is 1. The highest BCUT2D eigenvalue weighted by molar-refractivity contribution is 6.04. The molecule has 0 bridgehead atoms. The molecule has 4 rings (SSSR count). The van der Waals surface area contributed by atoms with Gasteiger partial charge >= 0.3 is 0 Å². The number of carbonyl (C=O) groups excluding carboxylic acids is 1. The Morgan fingerprint density at radius 2 is 1.95 bits per heavy atom. The third kappa shape index (κ3) is 7.77. The fourth-order valence-corrected chi connectivity index (χ4v) is 4.31. The van der Waals surface area contributed by atoms with Crippen LogP contribution in [0.4, 0.5) is 21.5 Å². The first kappa shape index (κ1) is 27.1. The van der Waals surface area contributed by atoms with Crippen molar-refractivity contribution in [1.29, 1.82) is 0 Å². The SMILES string of the molecule is C/C=C(/Nc1cccc(F)c1)N(CCCN1CCOCC1)Cc1ccc(C(=O)Nc2ccccc2N)nc1. The molecule has 1 aliphatic heterocycles. The van der Waals surface area contributed by atoms with E-state index in [1.54, 1.807) is 30.5 Å². The van der Waals surface area contributed by atoms with Gasteiger partial charge in [0.15, 0.2) is 0 Å². The molecule has 2 aromatic carbocycles. The van der Waals surface area contributed by atoms with Crippen LogP contribution >= 0.6 is 0 Å². The van der Waals surface area contributed by atoms with Crippen molar-refractivity contribution in [2.75, 3.05) is 55.8 Å². The van der Waals surface area contributed by atoms with Crippen LogP contribution < -0.4 is 16.4 Å². The maximum absolute atomic E-state index is 13.8. The van der Waals surface area contributed by atoms with Crippen molar-refractivity contribution >= 4 is 23.0 Å². The zero-order chi connectivity index (χ0) is 26.7. The molecule has 0 spiro atoms. The lowest BCUT2D eigenvalue weighted by Crippen LogP contribution is -2.38. The monoisotopic (exact) mass is 518 g/mol. The lowest BCUT2D eigenvalue weighted by molar-refractivity contribution is 0.0364. The van der Waals surface area contributed by atoms with Gasteiger partial charge in [-0.1, -0.05) is 24.3 Å². The largest absolute Gasteiger partial charge is 0.397 e. The van der Waals surface area contributed by atoms with E-state index in [0.29, 0.717) is 29.3 Å². The number of halogens is 1. The van der Waals surface area contributed by atoms with Gasteiger partial charge in [-0.05, 0) is 61.4 Å². The van der Waals surface area contributed by atoms with Crippen LogP contribution in [0.5, 0.6) is 0 Å². The van der Waals surface area contributed by atoms with Crippen molar-refractivity contribution in [3.05, 3.63) is 95.8 Å². The fraction of sp³-hybridized carbons (Fsp3) is 0.310. The van der Waals surface area contributed by atoms with Crippen LogP contribution in [0.15, 0.2) is 78.8 Å². The summed E-state index contributed by atoms with van der Waals surface area (Å²) >= 11 is 0. The number of nitrogens with one attached hydrogen (secondary N) is 2. The summed E-state index contributed by atoms with van der Waals surface area (Å²) in [6.45, 7) is 7.72. The summed E-state index contributed by atoms with van der Waals surface area (Å²) in [5.41, 5.74) is 8.92. The van der Waals surface area contributed by atoms with Crippen LogP contribution in [0.3, 0.4) is 0 Å². The van der Waals surface area contributed by atoms with E-state index in [2.05, 4.69) is 25.4 Å². The molecule has 0 saturated carbocycles. The minimum atomic E-state index is -0.321. The van der Waals surface area contributed by atoms with Crippen molar-refractivity contribution in [2.24, 2.45) is 0 Å². The van der Waals surface area contributed by atoms with Gasteiger partial charge in [-0.3, -0.25) is 14.7 Å². The van der Waals surface area contributed by atoms with E-state index < -0.39 is 0 Å². The average molecular weight is 519 g/mol. The summed E-state index contributed by atoms with van der Waals surface area (Å²) in [5.74, 6) is 0.261. The number of nitrogens with zero attached hydrogens (tertiary/aromatic N) is 3. The molecule has 1 aromatic heterocycles. The van der Waals surface area contributed by atoms with E-state index >= 15 is 0 Å². The number of amides is 1. The van der Waals surface area contributed by atoms with Gasteiger partial charge in [0.25, 0.3) is 5.91 Å². The zero-order valence-electron chi connectivity index (χ0n) is 21.7. The van der Waals surface area contributed by atoms with E-state index in [1.165, 1.54) is 12.1 Å². The summed E-state index contributed by atoms with van der Waals surface area (Å²) in [4.78, 5) is 21.7. The summed E-state index contributed by atoms with van der Waals surface area (Å²) in [6, 6.07) is 17.2. The highest BCUT2D eigenvalue weighted by atomic mass is 19.1. The van der Waals surface area contributed by atoms with Gasteiger partial charge < -0.3 is 26.0 Å². The molecular weight excluding hydrogens is 483 g/mol. The first-order valence-electron chi connectivity index (χ1n) is 12.9. The molecule has 0 aliphatic carbocycles. The molecule has 1 amide bonds. The first-order chi connectivity index (χ1) is 18.5. The number of nitrogens with two attached hydrogens (primary N) is 1. The van der Waals surface area contributed by atoms with Crippen molar-refractivity contribution in [2.45, 2.75) is 19.9 Å². The van der Waals surface area contributed by atoms with Crippen molar-refractivity contribution in [3.8, 4) is 0 Å². The van der Waals surface area contributed by atoms with Crippen LogP contribution in [0, 0.1) is 5.82 Å². The van der Waals surface area contributed by atoms with Crippen molar-refractivity contribution in [3.63, 3.8) is 0 Å². The number of morpholine rings is 1. The first-order valence-corrected chi connectivity index (χ1v) is 12.9. The third-order valence-electron chi connectivity index (χ3n) is 6.36. The van der Waals surface area contributed by atoms with Crippen LogP contribution in [0.2, 0.25) is 0 Å². The number of pyridine rings is 1. The van der Waals surface area contributed by atoms with E-state index in [9.17, 15) is 9.18 Å². The lowest BCUT2D eigenvalue weighted by atomic mass is 10.2. The standard InChI is InChI=1S/C29H35FN6O2/c1-2-28(33-24-8-5-7-23(30)19-24)36(14-6-13-35-15-17-38-18-16-35)21-22-11-12-27(32-20-22)29(37)34-26-10-4-3-9-25(26)31/h2-5,7-12,19-20,33H,6,13-18,21,31H2,1H3,(H,34,37)/b28-2-. The summed E-state index contributed by atoms with van der Waals surface area (Å²) in [7, 11) is 0. The van der Waals surface area contributed by atoms with Gasteiger partial charge in [-0.25, -0.2) is 4.39 Å². The zero-order valence-corrected chi connectivity index (χ0v) is 21.7. The van der Waals surface area contributed by atoms with Crippen LogP contribution in [0.25, 0.3) is 0 Å². The summed E-state index contributed by atoms with van der Waals surface area (Å²) < 4.78 is 19.3. The minimum Gasteiger partial charge on any atom is -0.397 e. The summed E-state index contributed by atoms with van der Waals surface area (Å²) in [5, 5.41) is 6.16. The van der Waals surface area contributed by atoms with E-state index in [1.807, 2.05) is 37.3 Å². The Bertz CT molecular complexity index is 1230. The number of anilines is 3. The number of nitrogen functional groups attached to an aromatic ring is 1. The quantitative estimate of drug-likeness (QED) is 0.321. The number of rotatable bonds is 11. The molecule has 0 radical (unpaired) electrons. The van der Waals surface area contributed by atoms with Gasteiger partial charge in [0.05, 0.1) is 24.6 Å². The van der Waals surface area contributed by atoms with Gasteiger partial charge in [0.2, 0.25) is 0 Å². The second-order valence-corrected chi connectivity index (χ2v) is 9.13. The number of benzene rings is 2. The Kier molecular flexibility index (Phi) is 9.66. The van der Waals surface area contributed by atoms with Crippen LogP contribution in [-0.2, 0) is 11.3 Å². The molecule has 2 heterocycles. The maximum Gasteiger partial charge on any atom is 0.274 e. The molecule has 9 heteroatoms. The predicted molar refractivity (Wildman–Crippen MR) is 149 cm³/mol. The number of aromatic nitrogens is 1. The Hall–Kier alpha value is -3.95. The number of hydrogen-bond acceptors (Lipinski definition) is 7. The Labute approximate surface area is 223 Å². The van der Waals surface area contributed by atoms with E-state index in [0.717, 1.165) is 57.2 Å². The maximum atomic E-state index is 13.8. The molecule has 8 nitrogen and oxygen atoms in total. The van der Waals surface area contributed by atoms with E-state index in [4.69, 9.17) is 10.5 Å². The van der Waals surface area contributed by atoms with Crippen molar-refractivity contribution < 1.29 is 13.9 Å². The lowest BCUT2D eigenvalue weighted by Gasteiger charge is -2.31. The van der Waals surface area contributed by atoms with Gasteiger partial charge in [-0.2, -0.15) is 0 Å². The number of hydrogen-bond donors (Lipinski definition) is 3. The summed E-state index contributed by atoms with van der Waals surface area (Å²) in [6.07, 6.45) is 4.65. The molecule has 200 valence electrons. The highest BCUT2D eigenvalue weighted by Gasteiger charge is 2.15. The molecule has 1 saturated heterocycles. The average Bonchev–Trinajstić information content (AvgIpc) is 2.93. The molecule has 0 unspecified atom stereocenters. The molecule has 4 N–H and O–H groups in total. The van der Waals surface area contributed by atoms with Gasteiger partial charge in [0.1, 0.15) is 17.3 Å². The van der Waals surface area contributed by atoms with Gasteiger partial charge in [0, 0.05) is 44.6 Å². The van der Waals surface area contributed by atoms with Crippen molar-refractivity contribution in [1.82, 2.24) is 14.8 Å². The minimum absolute atomic E-state index is 0.292. The normalized spacial score (nSPS) is 14.2. The number of carbonyl (C=O) groups is 1. The second-order valence-electron chi connectivity index (χ2n) is 9.13. The predicted octanol–water partition coefficient (Wildman–Crippen LogP) is 4.55. The molecule has 38 heavy (non-hydrogen) atoms. The molecule has 1 aliphatic rings. The molecular formula is C29H35FN6O2. The van der Waals surface area contributed by atoms with Crippen LogP contribution in [0.1, 0.15) is 29.4 Å². The van der Waals surface area contributed by atoms with E-state index in [-0.39, 0.29) is 11.7 Å².